The van der Waals surface area contributed by atoms with Crippen LogP contribution >= 0.6 is 24.8 Å². The molecule has 2 aromatic carbocycles. The van der Waals surface area contributed by atoms with Crippen molar-refractivity contribution in [1.82, 2.24) is 10.0 Å². The molecule has 1 aliphatic heterocycles. The number of anilines is 1. The fourth-order valence-corrected chi connectivity index (χ4v) is 3.74. The summed E-state index contributed by atoms with van der Waals surface area (Å²) in [5.41, 5.74) is 3.12. The smallest absolute Gasteiger partial charge is 0.209 e. The fourth-order valence-electron chi connectivity index (χ4n) is 2.97. The van der Waals surface area contributed by atoms with Gasteiger partial charge in [-0.1, -0.05) is 36.4 Å². The largest absolute Gasteiger partial charge is 0.485 e. The van der Waals surface area contributed by atoms with E-state index in [2.05, 4.69) is 15.4 Å². The van der Waals surface area contributed by atoms with Crippen molar-refractivity contribution < 1.29 is 13.2 Å². The normalized spacial score (nSPS) is 16.4. The molecule has 1 aliphatic rings. The molecule has 0 amide bonds. The monoisotopic (exact) mass is 447 g/mol. The average molecular weight is 448 g/mol. The van der Waals surface area contributed by atoms with E-state index in [9.17, 15) is 8.42 Å². The highest BCUT2D eigenvalue weighted by Crippen LogP contribution is 2.27. The third-order valence-electron chi connectivity index (χ3n) is 4.27. The number of fused-ring (bicyclic) bond motifs is 1. The number of para-hydroxylation sites is 2. The molecule has 6 nitrogen and oxygen atoms in total. The molecule has 156 valence electrons. The Balaban J connectivity index is 0.00000196. The highest BCUT2D eigenvalue weighted by atomic mass is 35.5. The van der Waals surface area contributed by atoms with Gasteiger partial charge >= 0.3 is 0 Å². The molecule has 1 heterocycles. The molecule has 28 heavy (non-hydrogen) atoms. The van der Waals surface area contributed by atoms with Crippen molar-refractivity contribution in [3.8, 4) is 5.75 Å². The topological polar surface area (TPSA) is 79.5 Å². The van der Waals surface area contributed by atoms with E-state index in [4.69, 9.17) is 4.74 Å². The first-order chi connectivity index (χ1) is 12.4. The lowest BCUT2D eigenvalue weighted by Crippen LogP contribution is -2.39. The van der Waals surface area contributed by atoms with Crippen LogP contribution in [-0.2, 0) is 16.6 Å². The van der Waals surface area contributed by atoms with Crippen molar-refractivity contribution in [2.45, 2.75) is 25.6 Å². The standard InChI is InChI=1S/C19H25N3O3S.2ClH/c1-14(22-26(2,23)24)16-9-7-15(8-10-16)11-20-12-17-13-21-18-5-3-4-6-19(18)25-17;;/h3-10,14,17,20-22H,11-13H2,1-2H3;2*1H/t14-,17?;;/m1../s1. The molecule has 2 atom stereocenters. The maximum atomic E-state index is 11.3. The Kier molecular flexibility index (Phi) is 9.53. The van der Waals surface area contributed by atoms with Crippen molar-refractivity contribution in [2.24, 2.45) is 0 Å². The van der Waals surface area contributed by atoms with Crippen molar-refractivity contribution in [2.75, 3.05) is 24.7 Å². The molecule has 0 aliphatic carbocycles. The van der Waals surface area contributed by atoms with Crippen LogP contribution in [0.2, 0.25) is 0 Å². The van der Waals surface area contributed by atoms with E-state index in [1.165, 1.54) is 6.26 Å². The Labute approximate surface area is 179 Å². The maximum Gasteiger partial charge on any atom is 0.209 e. The molecule has 3 N–H and O–H groups in total. The Hall–Kier alpha value is -1.51. The zero-order valence-corrected chi connectivity index (χ0v) is 18.3. The van der Waals surface area contributed by atoms with E-state index in [0.29, 0.717) is 0 Å². The van der Waals surface area contributed by atoms with Gasteiger partial charge < -0.3 is 15.4 Å². The highest BCUT2D eigenvalue weighted by molar-refractivity contribution is 7.88. The van der Waals surface area contributed by atoms with Crippen LogP contribution in [0.3, 0.4) is 0 Å². The molecular weight excluding hydrogens is 421 g/mol. The minimum absolute atomic E-state index is 0. The number of hydrogen-bond acceptors (Lipinski definition) is 5. The zero-order valence-electron chi connectivity index (χ0n) is 15.8. The van der Waals surface area contributed by atoms with Crippen LogP contribution in [0.4, 0.5) is 5.69 Å². The van der Waals surface area contributed by atoms with Crippen LogP contribution in [0.25, 0.3) is 0 Å². The van der Waals surface area contributed by atoms with Gasteiger partial charge in [0.2, 0.25) is 10.0 Å². The molecule has 0 fully saturated rings. The predicted octanol–water partition coefficient (Wildman–Crippen LogP) is 3.10. The second kappa shape index (κ2) is 10.9. The summed E-state index contributed by atoms with van der Waals surface area (Å²) in [5, 5.41) is 6.79. The quantitative estimate of drug-likeness (QED) is 0.607. The molecule has 0 bridgehead atoms. The lowest BCUT2D eigenvalue weighted by Gasteiger charge is -2.27. The van der Waals surface area contributed by atoms with Crippen molar-refractivity contribution in [3.05, 3.63) is 59.7 Å². The molecule has 0 radical (unpaired) electrons. The van der Waals surface area contributed by atoms with E-state index in [0.717, 1.165) is 42.2 Å². The zero-order chi connectivity index (χ0) is 18.6. The van der Waals surface area contributed by atoms with E-state index in [-0.39, 0.29) is 37.0 Å². The molecule has 2 aromatic rings. The Morgan fingerprint density at radius 3 is 2.50 bits per heavy atom. The highest BCUT2D eigenvalue weighted by Gasteiger charge is 2.18. The summed E-state index contributed by atoms with van der Waals surface area (Å²) in [4.78, 5) is 0. The summed E-state index contributed by atoms with van der Waals surface area (Å²) < 4.78 is 31.2. The van der Waals surface area contributed by atoms with Gasteiger partial charge in [-0.25, -0.2) is 13.1 Å². The molecule has 3 rings (SSSR count). The fraction of sp³-hybridized carbons (Fsp3) is 0.368. The number of sulfonamides is 1. The summed E-state index contributed by atoms with van der Waals surface area (Å²) in [6.45, 7) is 4.09. The number of ether oxygens (including phenoxy) is 1. The Morgan fingerprint density at radius 1 is 1.14 bits per heavy atom. The predicted molar refractivity (Wildman–Crippen MR) is 118 cm³/mol. The van der Waals surface area contributed by atoms with E-state index >= 15 is 0 Å². The second-order valence-corrected chi connectivity index (χ2v) is 8.38. The summed E-state index contributed by atoms with van der Waals surface area (Å²) in [7, 11) is -3.21. The Morgan fingerprint density at radius 2 is 1.82 bits per heavy atom. The van der Waals surface area contributed by atoms with Crippen LogP contribution in [-0.4, -0.2) is 33.9 Å². The molecule has 0 saturated heterocycles. The van der Waals surface area contributed by atoms with E-state index < -0.39 is 10.0 Å². The van der Waals surface area contributed by atoms with Crippen molar-refractivity contribution in [1.29, 1.82) is 0 Å². The lowest BCUT2D eigenvalue weighted by molar-refractivity contribution is 0.201. The molecule has 9 heteroatoms. The Bertz CT molecular complexity index is 848. The summed E-state index contributed by atoms with van der Waals surface area (Å²) in [6, 6.07) is 15.6. The molecule has 0 aromatic heterocycles. The summed E-state index contributed by atoms with van der Waals surface area (Å²) >= 11 is 0. The van der Waals surface area contributed by atoms with Crippen LogP contribution < -0.4 is 20.1 Å². The minimum Gasteiger partial charge on any atom is -0.485 e. The van der Waals surface area contributed by atoms with E-state index in [1.807, 2.05) is 55.5 Å². The first-order valence-electron chi connectivity index (χ1n) is 8.67. The van der Waals surface area contributed by atoms with Gasteiger partial charge in [-0.3, -0.25) is 0 Å². The third kappa shape index (κ3) is 7.14. The van der Waals surface area contributed by atoms with Gasteiger partial charge in [-0.2, -0.15) is 0 Å². The van der Waals surface area contributed by atoms with E-state index in [1.54, 1.807) is 0 Å². The number of nitrogens with one attached hydrogen (secondary N) is 3. The summed E-state index contributed by atoms with van der Waals surface area (Å²) in [6.07, 6.45) is 1.26. The second-order valence-electron chi connectivity index (χ2n) is 6.60. The van der Waals surface area contributed by atoms with Crippen LogP contribution in [0.15, 0.2) is 48.5 Å². The number of halogens is 2. The SMILES string of the molecule is C[C@@H](NS(C)(=O)=O)c1ccc(CNCC2CNc3ccccc3O2)cc1.Cl.Cl. The van der Waals surface area contributed by atoms with Crippen molar-refractivity contribution >= 4 is 40.5 Å². The van der Waals surface area contributed by atoms with Gasteiger partial charge in [0.25, 0.3) is 0 Å². The first kappa shape index (κ1) is 24.5. The number of hydrogen-bond donors (Lipinski definition) is 3. The van der Waals surface area contributed by atoms with Gasteiger partial charge in [0.05, 0.1) is 18.5 Å². The number of benzene rings is 2. The first-order valence-corrected chi connectivity index (χ1v) is 10.6. The van der Waals surface area contributed by atoms with Gasteiger partial charge in [-0.15, -0.1) is 24.8 Å². The van der Waals surface area contributed by atoms with Gasteiger partial charge in [0.1, 0.15) is 11.9 Å². The third-order valence-corrected chi connectivity index (χ3v) is 5.05. The van der Waals surface area contributed by atoms with Gasteiger partial charge in [0, 0.05) is 19.1 Å². The lowest BCUT2D eigenvalue weighted by atomic mass is 10.1. The van der Waals surface area contributed by atoms with Crippen LogP contribution in [0.5, 0.6) is 5.75 Å². The van der Waals surface area contributed by atoms with Crippen LogP contribution in [0.1, 0.15) is 24.1 Å². The maximum absolute atomic E-state index is 11.3. The molecule has 0 spiro atoms. The van der Waals surface area contributed by atoms with Gasteiger partial charge in [0.15, 0.2) is 0 Å². The van der Waals surface area contributed by atoms with Crippen LogP contribution in [0, 0.1) is 0 Å². The van der Waals surface area contributed by atoms with Gasteiger partial charge in [-0.05, 0) is 30.2 Å². The molecule has 1 unspecified atom stereocenters. The van der Waals surface area contributed by atoms with Crippen molar-refractivity contribution in [3.63, 3.8) is 0 Å². The molecular formula is C19H27Cl2N3O3S. The summed E-state index contributed by atoms with van der Waals surface area (Å²) in [5.74, 6) is 0.891. The molecule has 0 saturated carbocycles. The minimum atomic E-state index is -3.21. The average Bonchev–Trinajstić information content (AvgIpc) is 2.61. The number of rotatable bonds is 7.